The van der Waals surface area contributed by atoms with Crippen molar-refractivity contribution in [2.45, 2.75) is 51.9 Å². The zero-order valence-corrected chi connectivity index (χ0v) is 15.4. The highest BCUT2D eigenvalue weighted by atomic mass is 32.1. The number of amides is 2. The molecule has 1 fully saturated rings. The molecule has 0 aromatic carbocycles. The summed E-state index contributed by atoms with van der Waals surface area (Å²) in [5.41, 5.74) is -0.0859. The second-order valence-electron chi connectivity index (χ2n) is 6.91. The van der Waals surface area contributed by atoms with Gasteiger partial charge in [0.2, 0.25) is 0 Å². The number of nitrogens with one attached hydrogen (secondary N) is 2. The van der Waals surface area contributed by atoms with Gasteiger partial charge in [0.05, 0.1) is 12.2 Å². The number of hydrogen-bond acceptors (Lipinski definition) is 4. The second-order valence-corrected chi connectivity index (χ2v) is 7.95. The summed E-state index contributed by atoms with van der Waals surface area (Å²) < 4.78 is 5.79. The van der Waals surface area contributed by atoms with E-state index in [0.717, 1.165) is 19.5 Å². The molecule has 2 rings (SSSR count). The van der Waals surface area contributed by atoms with Gasteiger partial charge in [0.1, 0.15) is 0 Å². The summed E-state index contributed by atoms with van der Waals surface area (Å²) in [5.74, 6) is 0. The average molecular weight is 340 g/mol. The van der Waals surface area contributed by atoms with Gasteiger partial charge in [-0.2, -0.15) is 0 Å². The van der Waals surface area contributed by atoms with Crippen LogP contribution in [-0.4, -0.2) is 54.9 Å². The van der Waals surface area contributed by atoms with Gasteiger partial charge in [-0.15, -0.1) is 11.3 Å². The smallest absolute Gasteiger partial charge is 0.314 e. The van der Waals surface area contributed by atoms with E-state index < -0.39 is 0 Å². The maximum absolute atomic E-state index is 12.0. The molecular formula is C17H29N3O2S. The summed E-state index contributed by atoms with van der Waals surface area (Å²) in [6, 6.07) is 4.03. The zero-order chi connectivity index (χ0) is 16.9. The lowest BCUT2D eigenvalue weighted by molar-refractivity contribution is -0.0947. The van der Waals surface area contributed by atoms with Crippen LogP contribution in [0.4, 0.5) is 4.79 Å². The molecule has 2 heterocycles. The minimum atomic E-state index is -0.0935. The third-order valence-corrected chi connectivity index (χ3v) is 5.13. The molecule has 0 bridgehead atoms. The van der Waals surface area contributed by atoms with Crippen molar-refractivity contribution in [3.8, 4) is 0 Å². The summed E-state index contributed by atoms with van der Waals surface area (Å²) in [6.45, 7) is 11.6. The fraction of sp³-hybridized carbons (Fsp3) is 0.706. The van der Waals surface area contributed by atoms with Crippen molar-refractivity contribution in [2.75, 3.05) is 26.2 Å². The van der Waals surface area contributed by atoms with Gasteiger partial charge in [-0.3, -0.25) is 4.90 Å². The maximum atomic E-state index is 12.0. The molecule has 1 aliphatic heterocycles. The molecule has 0 aliphatic carbocycles. The van der Waals surface area contributed by atoms with Crippen LogP contribution < -0.4 is 10.6 Å². The highest BCUT2D eigenvalue weighted by Crippen LogP contribution is 2.20. The lowest BCUT2D eigenvalue weighted by atomic mass is 10.00. The number of carbonyl (C=O) groups is 1. The third-order valence-electron chi connectivity index (χ3n) is 4.19. The Hall–Kier alpha value is -1.11. The van der Waals surface area contributed by atoms with Crippen molar-refractivity contribution in [1.82, 2.24) is 15.5 Å². The van der Waals surface area contributed by atoms with Gasteiger partial charge in [-0.1, -0.05) is 6.07 Å². The average Bonchev–Trinajstić information content (AvgIpc) is 2.97. The summed E-state index contributed by atoms with van der Waals surface area (Å²) in [6.07, 6.45) is 1.35. The van der Waals surface area contributed by atoms with Crippen LogP contribution in [0.3, 0.4) is 0 Å². The van der Waals surface area contributed by atoms with E-state index in [1.165, 1.54) is 4.88 Å². The molecule has 2 atom stereocenters. The maximum Gasteiger partial charge on any atom is 0.314 e. The molecule has 23 heavy (non-hydrogen) atoms. The Morgan fingerprint density at radius 1 is 1.35 bits per heavy atom. The summed E-state index contributed by atoms with van der Waals surface area (Å²) >= 11 is 1.72. The van der Waals surface area contributed by atoms with Crippen LogP contribution in [0.5, 0.6) is 0 Å². The van der Waals surface area contributed by atoms with Gasteiger partial charge in [0.15, 0.2) is 0 Å². The van der Waals surface area contributed by atoms with Gasteiger partial charge >= 0.3 is 6.03 Å². The van der Waals surface area contributed by atoms with E-state index in [1.54, 1.807) is 11.3 Å². The molecule has 130 valence electrons. The van der Waals surface area contributed by atoms with Crippen LogP contribution >= 0.6 is 11.3 Å². The van der Waals surface area contributed by atoms with Gasteiger partial charge in [0, 0.05) is 36.6 Å². The number of rotatable bonds is 6. The first-order valence-electron chi connectivity index (χ1n) is 8.31. The number of urea groups is 1. The van der Waals surface area contributed by atoms with Crippen LogP contribution in [0.15, 0.2) is 17.5 Å². The number of carbonyl (C=O) groups excluding carboxylic acids is 1. The molecule has 2 unspecified atom stereocenters. The van der Waals surface area contributed by atoms with Gasteiger partial charge < -0.3 is 15.4 Å². The van der Waals surface area contributed by atoms with Crippen LogP contribution in [0.25, 0.3) is 0 Å². The van der Waals surface area contributed by atoms with Crippen LogP contribution in [-0.2, 0) is 11.2 Å². The Kier molecular flexibility index (Phi) is 6.44. The van der Waals surface area contributed by atoms with Gasteiger partial charge in [0.25, 0.3) is 0 Å². The molecule has 0 radical (unpaired) electrons. The topological polar surface area (TPSA) is 53.6 Å². The summed E-state index contributed by atoms with van der Waals surface area (Å²) in [7, 11) is 0. The number of ether oxygens (including phenoxy) is 1. The number of nitrogens with zero attached hydrogens (tertiary/aromatic N) is 1. The Bertz CT molecular complexity index is 480. The molecule has 1 aromatic rings. The van der Waals surface area contributed by atoms with E-state index in [1.807, 2.05) is 6.07 Å². The predicted molar refractivity (Wildman–Crippen MR) is 95.1 cm³/mol. The molecule has 2 amide bonds. The van der Waals surface area contributed by atoms with E-state index in [0.29, 0.717) is 13.1 Å². The van der Waals surface area contributed by atoms with E-state index in [-0.39, 0.29) is 23.8 Å². The largest absolute Gasteiger partial charge is 0.373 e. The Morgan fingerprint density at radius 3 is 2.65 bits per heavy atom. The van der Waals surface area contributed by atoms with Crippen molar-refractivity contribution in [2.24, 2.45) is 0 Å². The molecule has 2 N–H and O–H groups in total. The molecule has 6 heteroatoms. The first-order chi connectivity index (χ1) is 10.9. The lowest BCUT2D eigenvalue weighted by Crippen LogP contribution is -2.59. The van der Waals surface area contributed by atoms with Crippen LogP contribution in [0.1, 0.15) is 32.6 Å². The molecule has 0 spiro atoms. The van der Waals surface area contributed by atoms with Crippen molar-refractivity contribution >= 4 is 17.4 Å². The summed E-state index contributed by atoms with van der Waals surface area (Å²) in [5, 5.41) is 7.99. The number of thiophene rings is 1. The Labute approximate surface area is 143 Å². The van der Waals surface area contributed by atoms with E-state index in [9.17, 15) is 4.79 Å². The first-order valence-corrected chi connectivity index (χ1v) is 9.19. The molecule has 1 aliphatic rings. The van der Waals surface area contributed by atoms with Crippen molar-refractivity contribution < 1.29 is 9.53 Å². The zero-order valence-electron chi connectivity index (χ0n) is 14.6. The van der Waals surface area contributed by atoms with Crippen LogP contribution in [0.2, 0.25) is 0 Å². The summed E-state index contributed by atoms with van der Waals surface area (Å²) in [4.78, 5) is 15.7. The highest BCUT2D eigenvalue weighted by molar-refractivity contribution is 7.09. The van der Waals surface area contributed by atoms with E-state index in [2.05, 4.69) is 54.7 Å². The van der Waals surface area contributed by atoms with E-state index >= 15 is 0 Å². The first kappa shape index (κ1) is 18.2. The van der Waals surface area contributed by atoms with Gasteiger partial charge in [-0.05, 0) is 45.6 Å². The third kappa shape index (κ3) is 5.79. The highest BCUT2D eigenvalue weighted by Gasteiger charge is 2.33. The van der Waals surface area contributed by atoms with Crippen molar-refractivity contribution in [3.05, 3.63) is 22.4 Å². The Morgan fingerprint density at radius 2 is 2.04 bits per heavy atom. The second kappa shape index (κ2) is 8.13. The molecular weight excluding hydrogens is 310 g/mol. The molecule has 5 nitrogen and oxygen atoms in total. The SMILES string of the molecule is CC1CN(C(C)(C)CNC(=O)NCCc2cccs2)CC(C)O1. The lowest BCUT2D eigenvalue weighted by Gasteiger charge is -2.45. The molecule has 1 saturated heterocycles. The predicted octanol–water partition coefficient (Wildman–Crippen LogP) is 2.48. The Balaban J connectivity index is 1.71. The monoisotopic (exact) mass is 339 g/mol. The number of hydrogen-bond donors (Lipinski definition) is 2. The molecule has 0 saturated carbocycles. The quantitative estimate of drug-likeness (QED) is 0.837. The normalized spacial score (nSPS) is 22.8. The fourth-order valence-electron chi connectivity index (χ4n) is 2.90. The van der Waals surface area contributed by atoms with Gasteiger partial charge in [-0.25, -0.2) is 4.79 Å². The molecule has 1 aromatic heterocycles. The van der Waals surface area contributed by atoms with Crippen LogP contribution in [0, 0.1) is 0 Å². The van der Waals surface area contributed by atoms with E-state index in [4.69, 9.17) is 4.74 Å². The standard InChI is InChI=1S/C17H29N3O2S/c1-13-10-20(11-14(2)22-13)17(3,4)12-19-16(21)18-8-7-15-6-5-9-23-15/h5-6,9,13-14H,7-8,10-12H2,1-4H3,(H2,18,19,21). The minimum Gasteiger partial charge on any atom is -0.373 e. The van der Waals surface area contributed by atoms with Crippen molar-refractivity contribution in [1.29, 1.82) is 0 Å². The van der Waals surface area contributed by atoms with Crippen molar-refractivity contribution in [3.63, 3.8) is 0 Å². The fourth-order valence-corrected chi connectivity index (χ4v) is 3.61. The minimum absolute atomic E-state index is 0.0859. The number of morpholine rings is 1.